The summed E-state index contributed by atoms with van der Waals surface area (Å²) in [7, 11) is 0. The Hall–Kier alpha value is -1.42. The molecule has 0 atom stereocenters. The molecule has 1 rings (SSSR count). The van der Waals surface area contributed by atoms with Crippen molar-refractivity contribution < 1.29 is 10.0 Å². The fourth-order valence-electron chi connectivity index (χ4n) is 0.811. The molecule has 0 aliphatic carbocycles. The molecular weight excluding hydrogens is 146 g/mol. The smallest absolute Gasteiger partial charge is 0.258 e. The standard InChI is InChI=1S/C7H6NO3/c9-5-6-3-1-2-4-7(6)8(10)11/h1-4H,5H2. The van der Waals surface area contributed by atoms with Crippen molar-refractivity contribution in [1.82, 2.24) is 0 Å². The summed E-state index contributed by atoms with van der Waals surface area (Å²) >= 11 is 0. The van der Waals surface area contributed by atoms with E-state index < -0.39 is 11.5 Å². The third-order valence-electron chi connectivity index (χ3n) is 1.34. The van der Waals surface area contributed by atoms with Crippen LogP contribution < -0.4 is 0 Å². The van der Waals surface area contributed by atoms with Crippen molar-refractivity contribution in [1.29, 1.82) is 0 Å². The second kappa shape index (κ2) is 3.12. The molecule has 0 saturated carbocycles. The molecule has 0 bridgehead atoms. The van der Waals surface area contributed by atoms with Crippen molar-refractivity contribution in [2.75, 3.05) is 0 Å². The molecular formula is C7H6NO3. The summed E-state index contributed by atoms with van der Waals surface area (Å²) in [6.07, 6.45) is 0. The van der Waals surface area contributed by atoms with E-state index in [1.165, 1.54) is 18.2 Å². The molecule has 57 valence electrons. The van der Waals surface area contributed by atoms with E-state index in [0.717, 1.165) is 0 Å². The fraction of sp³-hybridized carbons (Fsp3) is 0.143. The molecule has 1 aromatic rings. The van der Waals surface area contributed by atoms with Crippen LogP contribution in [0.5, 0.6) is 0 Å². The summed E-state index contributed by atoms with van der Waals surface area (Å²) in [5.74, 6) is 0. The van der Waals surface area contributed by atoms with Crippen LogP contribution in [-0.2, 0) is 11.7 Å². The Kier molecular flexibility index (Phi) is 2.18. The molecule has 4 heteroatoms. The lowest BCUT2D eigenvalue weighted by Gasteiger charge is -1.94. The quantitative estimate of drug-likeness (QED) is 0.476. The first-order valence-corrected chi connectivity index (χ1v) is 3.06. The molecule has 0 saturated heterocycles. The zero-order valence-corrected chi connectivity index (χ0v) is 5.69. The highest BCUT2D eigenvalue weighted by Gasteiger charge is 2.10. The fourth-order valence-corrected chi connectivity index (χ4v) is 0.811. The molecule has 0 N–H and O–H groups in total. The molecule has 0 aromatic heterocycles. The van der Waals surface area contributed by atoms with Crippen molar-refractivity contribution in [2.45, 2.75) is 6.61 Å². The van der Waals surface area contributed by atoms with Crippen LogP contribution in [0.3, 0.4) is 0 Å². The van der Waals surface area contributed by atoms with Gasteiger partial charge in [0.2, 0.25) is 0 Å². The number of benzene rings is 1. The van der Waals surface area contributed by atoms with Crippen LogP contribution in [0.1, 0.15) is 5.56 Å². The second-order valence-corrected chi connectivity index (χ2v) is 2.03. The third kappa shape index (κ3) is 1.53. The van der Waals surface area contributed by atoms with Gasteiger partial charge in [-0.15, -0.1) is 0 Å². The highest BCUT2D eigenvalue weighted by molar-refractivity contribution is 5.38. The second-order valence-electron chi connectivity index (χ2n) is 2.03. The van der Waals surface area contributed by atoms with Crippen molar-refractivity contribution in [2.24, 2.45) is 0 Å². The lowest BCUT2D eigenvalue weighted by Crippen LogP contribution is -1.93. The van der Waals surface area contributed by atoms with Crippen LogP contribution in [0.15, 0.2) is 24.3 Å². The number of hydrogen-bond acceptors (Lipinski definition) is 2. The summed E-state index contributed by atoms with van der Waals surface area (Å²) in [4.78, 5) is 9.70. The highest BCUT2D eigenvalue weighted by Crippen LogP contribution is 2.16. The van der Waals surface area contributed by atoms with Crippen LogP contribution in [0.2, 0.25) is 0 Å². The first-order valence-electron chi connectivity index (χ1n) is 3.06. The van der Waals surface area contributed by atoms with Gasteiger partial charge in [0.25, 0.3) is 5.69 Å². The zero-order chi connectivity index (χ0) is 8.27. The minimum atomic E-state index is -0.548. The Morgan fingerprint density at radius 1 is 1.36 bits per heavy atom. The molecule has 4 nitrogen and oxygen atoms in total. The SMILES string of the molecule is [O]Cc1ccccc1[N+](=O)[O-]. The van der Waals surface area contributed by atoms with Crippen LogP contribution in [0.25, 0.3) is 0 Å². The van der Waals surface area contributed by atoms with E-state index in [1.807, 2.05) is 0 Å². The van der Waals surface area contributed by atoms with E-state index in [4.69, 9.17) is 0 Å². The van der Waals surface area contributed by atoms with Gasteiger partial charge in [0.1, 0.15) is 6.61 Å². The van der Waals surface area contributed by atoms with Crippen LogP contribution in [-0.4, -0.2) is 4.92 Å². The average Bonchev–Trinajstić information content (AvgIpc) is 2.04. The Balaban J connectivity index is 3.12. The Morgan fingerprint density at radius 2 is 2.00 bits per heavy atom. The van der Waals surface area contributed by atoms with E-state index in [9.17, 15) is 15.2 Å². The average molecular weight is 152 g/mol. The third-order valence-corrected chi connectivity index (χ3v) is 1.34. The summed E-state index contributed by atoms with van der Waals surface area (Å²) in [5.41, 5.74) is 0.139. The van der Waals surface area contributed by atoms with Crippen LogP contribution in [0.4, 0.5) is 5.69 Å². The van der Waals surface area contributed by atoms with E-state index in [1.54, 1.807) is 6.07 Å². The van der Waals surface area contributed by atoms with Gasteiger partial charge in [0, 0.05) is 6.07 Å². The topological polar surface area (TPSA) is 63.0 Å². The maximum absolute atomic E-state index is 10.4. The van der Waals surface area contributed by atoms with Crippen LogP contribution >= 0.6 is 0 Å². The molecule has 0 fully saturated rings. The molecule has 0 aliphatic heterocycles. The molecule has 0 spiro atoms. The minimum absolute atomic E-state index is 0.0949. The monoisotopic (exact) mass is 152 g/mol. The molecule has 1 aromatic carbocycles. The normalized spacial score (nSPS) is 9.55. The molecule has 0 amide bonds. The maximum Gasteiger partial charge on any atom is 0.275 e. The summed E-state index contributed by atoms with van der Waals surface area (Å²) in [6, 6.07) is 5.94. The number of hydrogen-bond donors (Lipinski definition) is 0. The van der Waals surface area contributed by atoms with Gasteiger partial charge in [0.15, 0.2) is 0 Å². The highest BCUT2D eigenvalue weighted by atomic mass is 16.6. The predicted molar refractivity (Wildman–Crippen MR) is 37.5 cm³/mol. The van der Waals surface area contributed by atoms with Gasteiger partial charge in [-0.05, 0) is 6.07 Å². The van der Waals surface area contributed by atoms with E-state index in [2.05, 4.69) is 0 Å². The van der Waals surface area contributed by atoms with E-state index in [0.29, 0.717) is 0 Å². The lowest BCUT2D eigenvalue weighted by atomic mass is 10.2. The zero-order valence-electron chi connectivity index (χ0n) is 5.69. The van der Waals surface area contributed by atoms with Crippen molar-refractivity contribution in [3.63, 3.8) is 0 Å². The van der Waals surface area contributed by atoms with Gasteiger partial charge >= 0.3 is 0 Å². The molecule has 11 heavy (non-hydrogen) atoms. The van der Waals surface area contributed by atoms with Gasteiger partial charge < -0.3 is 0 Å². The van der Waals surface area contributed by atoms with E-state index in [-0.39, 0.29) is 11.3 Å². The van der Waals surface area contributed by atoms with E-state index >= 15 is 0 Å². The molecule has 1 radical (unpaired) electrons. The number of nitro groups is 1. The first-order chi connectivity index (χ1) is 5.25. The van der Waals surface area contributed by atoms with Crippen molar-refractivity contribution in [3.8, 4) is 0 Å². The van der Waals surface area contributed by atoms with Gasteiger partial charge in [-0.25, -0.2) is 5.11 Å². The van der Waals surface area contributed by atoms with Gasteiger partial charge in [-0.3, -0.25) is 10.1 Å². The Morgan fingerprint density at radius 3 is 2.45 bits per heavy atom. The summed E-state index contributed by atoms with van der Waals surface area (Å²) < 4.78 is 0. The Bertz CT molecular complexity index is 272. The molecule has 0 unspecified atom stereocenters. The Labute approximate surface area is 63.2 Å². The van der Waals surface area contributed by atoms with Crippen molar-refractivity contribution in [3.05, 3.63) is 39.9 Å². The van der Waals surface area contributed by atoms with Gasteiger partial charge in [0.05, 0.1) is 10.5 Å². The maximum atomic E-state index is 10.4. The summed E-state index contributed by atoms with van der Waals surface area (Å²) in [5, 5.41) is 20.6. The minimum Gasteiger partial charge on any atom is -0.258 e. The van der Waals surface area contributed by atoms with Gasteiger partial charge in [-0.2, -0.15) is 0 Å². The lowest BCUT2D eigenvalue weighted by molar-refractivity contribution is -0.386. The predicted octanol–water partition coefficient (Wildman–Crippen LogP) is 1.53. The van der Waals surface area contributed by atoms with Gasteiger partial charge in [-0.1, -0.05) is 12.1 Å². The molecule has 0 heterocycles. The first kappa shape index (κ1) is 7.68. The number of rotatable bonds is 2. The van der Waals surface area contributed by atoms with Crippen LogP contribution in [0, 0.1) is 10.1 Å². The summed E-state index contributed by atoms with van der Waals surface area (Å²) in [6.45, 7) is -0.544. The number of nitrogens with zero attached hydrogens (tertiary/aromatic N) is 1. The number of para-hydroxylation sites is 1. The number of nitro benzene ring substituents is 1. The van der Waals surface area contributed by atoms with Crippen molar-refractivity contribution >= 4 is 5.69 Å². The molecule has 0 aliphatic rings. The largest absolute Gasteiger partial charge is 0.275 e.